The van der Waals surface area contributed by atoms with E-state index in [0.29, 0.717) is 11.8 Å². The molecule has 5 aromatic rings. The Bertz CT molecular complexity index is 3750. The van der Waals surface area contributed by atoms with Crippen molar-refractivity contribution in [2.45, 2.75) is 119 Å². The van der Waals surface area contributed by atoms with E-state index in [2.05, 4.69) is 42.5 Å². The Morgan fingerprint density at radius 1 is 0.622 bits per heavy atom. The maximum absolute atomic E-state index is 15.6. The second-order valence-electron chi connectivity index (χ2n) is 24.5. The summed E-state index contributed by atoms with van der Waals surface area (Å²) in [5.74, 6) is -11.8. The molecule has 27 heteroatoms. The van der Waals surface area contributed by atoms with Crippen LogP contribution in [-0.4, -0.2) is 115 Å². The molecule has 0 saturated heterocycles. The first-order valence-corrected chi connectivity index (χ1v) is 30.2. The van der Waals surface area contributed by atoms with Crippen molar-refractivity contribution in [2.24, 2.45) is 35.3 Å². The number of nitrogens with one attached hydrogen (secondary N) is 8. The van der Waals surface area contributed by atoms with Crippen LogP contribution in [0.15, 0.2) is 78.9 Å². The van der Waals surface area contributed by atoms with Gasteiger partial charge in [-0.2, -0.15) is 0 Å². The summed E-state index contributed by atoms with van der Waals surface area (Å²) in [7, 11) is 1.51. The molecule has 9 aliphatic rings. The Morgan fingerprint density at radius 3 is 1.79 bits per heavy atom. The number of likely N-dealkylation sites (N-methyl/N-ethyl adjacent to an activating group) is 1. The SMILES string of the molecule is CN[C@H](CC(C)C)C(=O)N[C@H]1C(=O)N[C@@H](CC(N)=O)C(=O)N[C@H]2C(=O)N[C@H]3C(=O)N[C@H](C(=O)N[C@H](C(=O)NC4C5CC6CC(C5)CC4C6)c4cc(O)cc(O)c4-c4cc3ccc4O)[C@H](O)c3ccc(c(Cl)c3)Oc3cc2cc(c3O)Oc2ccc(cc2Cl)[C@H]1O. The molecule has 14 rings (SSSR count). The summed E-state index contributed by atoms with van der Waals surface area (Å²) in [6, 6.07) is 1.89. The number of rotatable bonds is 9. The van der Waals surface area contributed by atoms with Crippen molar-refractivity contribution in [2.75, 3.05) is 7.05 Å². The van der Waals surface area contributed by atoms with Crippen molar-refractivity contribution >= 4 is 70.5 Å². The lowest BCUT2D eigenvalue weighted by Crippen LogP contribution is -2.59. The number of nitrogens with two attached hydrogens (primary N) is 1. The van der Waals surface area contributed by atoms with Gasteiger partial charge in [-0.25, -0.2) is 0 Å². The molecule has 8 amide bonds. The number of aliphatic hydroxyl groups is 2. The van der Waals surface area contributed by atoms with E-state index in [-0.39, 0.29) is 90.7 Å². The van der Waals surface area contributed by atoms with Gasteiger partial charge in [-0.3, -0.25) is 38.4 Å². The number of halogens is 2. The fraction of sp³-hybridized carbons (Fsp3) is 0.397. The number of amides is 8. The number of carbonyl (C=O) groups is 8. The fourth-order valence-electron chi connectivity index (χ4n) is 13.8. The number of hydrogen-bond acceptors (Lipinski definition) is 17. The minimum Gasteiger partial charge on any atom is -0.508 e. The Kier molecular flexibility index (Phi) is 17.5. The molecule has 90 heavy (non-hydrogen) atoms. The molecule has 4 saturated carbocycles. The summed E-state index contributed by atoms with van der Waals surface area (Å²) in [6.45, 7) is 3.71. The summed E-state index contributed by atoms with van der Waals surface area (Å²) in [4.78, 5) is 118. The molecule has 5 heterocycles. The first-order valence-electron chi connectivity index (χ1n) is 29.5. The fourth-order valence-corrected chi connectivity index (χ4v) is 14.2. The molecule has 0 unspecified atom stereocenters. The average Bonchev–Trinajstić information content (AvgIpc) is 0.797. The van der Waals surface area contributed by atoms with E-state index in [1.54, 1.807) is 0 Å². The van der Waals surface area contributed by atoms with Crippen LogP contribution >= 0.6 is 23.2 Å². The Hall–Kier alpha value is -8.88. The van der Waals surface area contributed by atoms with Gasteiger partial charge in [0.1, 0.15) is 77.2 Å². The van der Waals surface area contributed by atoms with Crippen molar-refractivity contribution in [1.29, 1.82) is 0 Å². The molecule has 4 fully saturated rings. The Labute approximate surface area is 524 Å². The number of ether oxygens (including phenoxy) is 2. The second kappa shape index (κ2) is 25.2. The minimum atomic E-state index is -2.14. The molecular weight excluding hydrogens is 1210 g/mol. The van der Waals surface area contributed by atoms with Crippen LogP contribution in [-0.2, 0) is 38.4 Å². The zero-order valence-corrected chi connectivity index (χ0v) is 50.2. The first kappa shape index (κ1) is 62.7. The molecule has 16 N–H and O–H groups in total. The van der Waals surface area contributed by atoms with Gasteiger partial charge in [-0.15, -0.1) is 0 Å². The highest BCUT2D eigenvalue weighted by Crippen LogP contribution is 2.54. The molecule has 5 aliphatic heterocycles. The standard InChI is InChI=1S/C63H67Cl2N9O16/c1-24(2)10-38(67-3)57(82)73-52-54(79)28-5-8-42(36(64)17-28)89-44-19-32-20-45(56(44)81)90-43-9-6-29(18-37(43)65)55(80)53-63(88)72-51(61(86)69-48-30-12-25-11-26(14-30)15-31(48)13-25)35-21-33(75)22-41(77)47(35)34-16-27(4-7-40(34)76)49(59(84)74-53)71-60(85)50(32)70-58(83)39(23-46(66)78)68-62(52)87/h4-9,16-22,24-26,30-31,38-39,48-55,67,75-77,79-81H,10-15,23H2,1-3H3,(H2,66,78)(H,68,87)(H,69,86)(H,70,83)(H,71,85)(H,72,88)(H,73,82)(H,74,84)/t25?,26?,30?,31?,38-,39+,48?,49-,50-,51+,52-,53+,54-,55-/m1/s1. The van der Waals surface area contributed by atoms with Crippen LogP contribution in [0.4, 0.5) is 0 Å². The number of aliphatic hydroxyl groups excluding tert-OH is 2. The monoisotopic (exact) mass is 1280 g/mol. The van der Waals surface area contributed by atoms with E-state index in [0.717, 1.165) is 62.4 Å². The molecule has 4 aliphatic carbocycles. The highest BCUT2D eigenvalue weighted by atomic mass is 35.5. The van der Waals surface area contributed by atoms with Gasteiger partial charge in [0.15, 0.2) is 11.5 Å². The average molecular weight is 1280 g/mol. The van der Waals surface area contributed by atoms with Crippen molar-refractivity contribution in [3.05, 3.63) is 117 Å². The topological polar surface area (TPSA) is 399 Å². The third-order valence-electron chi connectivity index (χ3n) is 17.9. The van der Waals surface area contributed by atoms with E-state index in [4.69, 9.17) is 38.4 Å². The zero-order chi connectivity index (χ0) is 64.3. The number of aromatic hydroxyl groups is 4. The van der Waals surface area contributed by atoms with E-state index in [1.165, 1.54) is 55.6 Å². The van der Waals surface area contributed by atoms with Gasteiger partial charge >= 0.3 is 0 Å². The van der Waals surface area contributed by atoms with E-state index in [1.807, 2.05) is 13.8 Å². The molecule has 15 bridgehead atoms. The predicted molar refractivity (Wildman–Crippen MR) is 321 cm³/mol. The molecule has 0 aromatic heterocycles. The molecule has 25 nitrogen and oxygen atoms in total. The van der Waals surface area contributed by atoms with Gasteiger partial charge in [-0.1, -0.05) is 55.2 Å². The minimum absolute atomic E-state index is 0.0296. The normalized spacial score (nSPS) is 27.3. The van der Waals surface area contributed by atoms with Crippen LogP contribution in [0, 0.1) is 29.6 Å². The van der Waals surface area contributed by atoms with E-state index < -0.39 is 143 Å². The highest BCUT2D eigenvalue weighted by molar-refractivity contribution is 6.32. The zero-order valence-electron chi connectivity index (χ0n) is 48.7. The van der Waals surface area contributed by atoms with Gasteiger partial charge in [-0.05, 0) is 158 Å². The predicted octanol–water partition coefficient (Wildman–Crippen LogP) is 4.25. The summed E-state index contributed by atoms with van der Waals surface area (Å²) in [5, 5.41) is 92.0. The third kappa shape index (κ3) is 12.6. The number of phenolic OH excluding ortho intramolecular Hbond substituents is 4. The van der Waals surface area contributed by atoms with Crippen LogP contribution in [0.5, 0.6) is 46.0 Å². The van der Waals surface area contributed by atoms with Gasteiger partial charge in [0.25, 0.3) is 0 Å². The number of benzene rings is 5. The number of carbonyl (C=O) groups excluding carboxylic acids is 8. The van der Waals surface area contributed by atoms with Crippen LogP contribution in [0.1, 0.15) is 117 Å². The smallest absolute Gasteiger partial charge is 0.248 e. The number of fused-ring (bicyclic) bond motifs is 15. The summed E-state index contributed by atoms with van der Waals surface area (Å²) < 4.78 is 12.4. The largest absolute Gasteiger partial charge is 0.508 e. The van der Waals surface area contributed by atoms with Gasteiger partial charge in [0.2, 0.25) is 53.0 Å². The Morgan fingerprint density at radius 2 is 1.20 bits per heavy atom. The van der Waals surface area contributed by atoms with Crippen molar-refractivity contribution < 1.29 is 78.5 Å². The van der Waals surface area contributed by atoms with Gasteiger partial charge in [0, 0.05) is 23.2 Å². The maximum atomic E-state index is 15.6. The maximum Gasteiger partial charge on any atom is 0.248 e. The highest BCUT2D eigenvalue weighted by Gasteiger charge is 2.50. The van der Waals surface area contributed by atoms with Gasteiger partial charge < -0.3 is 88.4 Å². The first-order chi connectivity index (χ1) is 42.8. The van der Waals surface area contributed by atoms with Crippen molar-refractivity contribution in [1.82, 2.24) is 42.5 Å². The van der Waals surface area contributed by atoms with E-state index in [9.17, 15) is 49.8 Å². The number of hydrogen-bond donors (Lipinski definition) is 15. The van der Waals surface area contributed by atoms with Gasteiger partial charge in [0.05, 0.1) is 22.5 Å². The summed E-state index contributed by atoms with van der Waals surface area (Å²) in [6.07, 6.45) is -0.0114. The lowest BCUT2D eigenvalue weighted by atomic mass is 9.54. The summed E-state index contributed by atoms with van der Waals surface area (Å²) >= 11 is 13.7. The molecule has 0 spiro atoms. The molecule has 9 atom stereocenters. The summed E-state index contributed by atoms with van der Waals surface area (Å²) in [5.41, 5.74) is 4.17. The van der Waals surface area contributed by atoms with E-state index >= 15 is 19.2 Å². The molecular formula is C63H67Cl2N9O16. The van der Waals surface area contributed by atoms with Crippen LogP contribution < -0.4 is 57.7 Å². The van der Waals surface area contributed by atoms with Crippen molar-refractivity contribution in [3.8, 4) is 57.1 Å². The lowest BCUT2D eigenvalue weighted by Gasteiger charge is -2.54. The molecule has 474 valence electrons. The van der Waals surface area contributed by atoms with Crippen LogP contribution in [0.25, 0.3) is 11.1 Å². The van der Waals surface area contributed by atoms with Crippen molar-refractivity contribution in [3.63, 3.8) is 0 Å². The molecule has 5 aromatic carbocycles. The number of primary amides is 1. The third-order valence-corrected chi connectivity index (χ3v) is 18.5. The lowest BCUT2D eigenvalue weighted by molar-refractivity contribution is -0.138. The number of phenols is 4. The van der Waals surface area contributed by atoms with Crippen LogP contribution in [0.3, 0.4) is 0 Å². The Balaban J connectivity index is 1.07. The quantitative estimate of drug-likeness (QED) is 0.0980. The van der Waals surface area contributed by atoms with Crippen LogP contribution in [0.2, 0.25) is 10.0 Å². The second-order valence-corrected chi connectivity index (χ2v) is 25.3. The molecule has 0 radical (unpaired) electrons.